The molecule has 0 bridgehead atoms. The molecule has 0 aliphatic carbocycles. The summed E-state index contributed by atoms with van der Waals surface area (Å²) in [4.78, 5) is 12.7. The Morgan fingerprint density at radius 3 is 2.92 bits per heavy atom. The van der Waals surface area contributed by atoms with Crippen LogP contribution in [0.1, 0.15) is 19.8 Å². The number of aliphatic carboxylic acids is 1. The van der Waals surface area contributed by atoms with Crippen LogP contribution in [0.2, 0.25) is 0 Å². The van der Waals surface area contributed by atoms with Crippen LogP contribution in [0.15, 0.2) is 0 Å². The topological polar surface area (TPSA) is 66.6 Å². The minimum absolute atomic E-state index is 0.558. The van der Waals surface area contributed by atoms with Gasteiger partial charge in [-0.1, -0.05) is 6.92 Å². The quantitative estimate of drug-likeness (QED) is 0.655. The van der Waals surface area contributed by atoms with E-state index in [1.807, 2.05) is 0 Å². The molecule has 0 spiro atoms. The van der Waals surface area contributed by atoms with Crippen molar-refractivity contribution in [2.75, 3.05) is 19.6 Å². The number of nitrogens with two attached hydrogens (primary N) is 1. The van der Waals surface area contributed by atoms with Gasteiger partial charge in [0.1, 0.15) is 6.04 Å². The molecule has 1 aliphatic heterocycles. The molecule has 0 aromatic rings. The maximum Gasteiger partial charge on any atom is 0.320 e. The van der Waals surface area contributed by atoms with Gasteiger partial charge in [-0.25, -0.2) is 0 Å². The zero-order valence-electron chi connectivity index (χ0n) is 8.07. The van der Waals surface area contributed by atoms with E-state index in [1.165, 1.54) is 6.42 Å². The lowest BCUT2D eigenvalue weighted by Crippen LogP contribution is -2.34. The summed E-state index contributed by atoms with van der Waals surface area (Å²) < 4.78 is 0. The summed E-state index contributed by atoms with van der Waals surface area (Å²) in [7, 11) is 0. The van der Waals surface area contributed by atoms with Gasteiger partial charge in [-0.3, -0.25) is 4.79 Å². The molecule has 13 heavy (non-hydrogen) atoms. The van der Waals surface area contributed by atoms with Crippen LogP contribution in [0, 0.1) is 5.92 Å². The predicted octanol–water partition coefficient (Wildman–Crippen LogP) is 0.130. The van der Waals surface area contributed by atoms with Crippen molar-refractivity contribution in [3.8, 4) is 0 Å². The third kappa shape index (κ3) is 3.32. The number of carboxylic acid groups (broad SMARTS) is 1. The van der Waals surface area contributed by atoms with Crippen LogP contribution >= 0.6 is 0 Å². The van der Waals surface area contributed by atoms with Crippen molar-refractivity contribution in [1.29, 1.82) is 0 Å². The maximum atomic E-state index is 10.4. The van der Waals surface area contributed by atoms with Gasteiger partial charge in [-0.15, -0.1) is 0 Å². The van der Waals surface area contributed by atoms with Gasteiger partial charge in [0.05, 0.1) is 0 Å². The van der Waals surface area contributed by atoms with Crippen LogP contribution in [-0.4, -0.2) is 41.7 Å². The highest BCUT2D eigenvalue weighted by Crippen LogP contribution is 2.14. The van der Waals surface area contributed by atoms with E-state index < -0.39 is 12.0 Å². The minimum atomic E-state index is -0.896. The molecule has 0 radical (unpaired) electrons. The molecule has 76 valence electrons. The molecule has 3 N–H and O–H groups in total. The molecule has 2 unspecified atom stereocenters. The van der Waals surface area contributed by atoms with Crippen LogP contribution in [0.25, 0.3) is 0 Å². The first kappa shape index (κ1) is 10.5. The van der Waals surface area contributed by atoms with E-state index in [-0.39, 0.29) is 0 Å². The molecule has 2 atom stereocenters. The molecule has 1 aliphatic rings. The van der Waals surface area contributed by atoms with Crippen LogP contribution in [0.4, 0.5) is 0 Å². The number of rotatable bonds is 4. The van der Waals surface area contributed by atoms with Gasteiger partial charge in [0.25, 0.3) is 0 Å². The molecular weight excluding hydrogens is 168 g/mol. The monoisotopic (exact) mass is 186 g/mol. The smallest absolute Gasteiger partial charge is 0.320 e. The average Bonchev–Trinajstić information content (AvgIpc) is 2.47. The van der Waals surface area contributed by atoms with E-state index in [9.17, 15) is 4.79 Å². The summed E-state index contributed by atoms with van der Waals surface area (Å²) in [5, 5.41) is 8.56. The second-order valence-electron chi connectivity index (χ2n) is 3.93. The third-order valence-electron chi connectivity index (χ3n) is 2.58. The Morgan fingerprint density at radius 2 is 2.46 bits per heavy atom. The SMILES string of the molecule is CC1CCN(CCC(N)C(=O)O)C1. The molecule has 4 heteroatoms. The molecule has 0 amide bonds. The van der Waals surface area contributed by atoms with Crippen molar-refractivity contribution in [2.24, 2.45) is 11.7 Å². The zero-order chi connectivity index (χ0) is 9.84. The summed E-state index contributed by atoms with van der Waals surface area (Å²) in [5.74, 6) is -0.145. The number of hydrogen-bond donors (Lipinski definition) is 2. The molecular formula is C9H18N2O2. The molecule has 0 saturated carbocycles. The number of carboxylic acids is 1. The standard InChI is InChI=1S/C9H18N2O2/c1-7-2-4-11(6-7)5-3-8(10)9(12)13/h7-8H,2-6,10H2,1H3,(H,12,13). The second-order valence-corrected chi connectivity index (χ2v) is 3.93. The number of likely N-dealkylation sites (tertiary alicyclic amines) is 1. The summed E-state index contributed by atoms with van der Waals surface area (Å²) in [6, 6.07) is -0.698. The Labute approximate surface area is 78.7 Å². The van der Waals surface area contributed by atoms with E-state index in [0.717, 1.165) is 25.6 Å². The van der Waals surface area contributed by atoms with Crippen LogP contribution in [0.3, 0.4) is 0 Å². The van der Waals surface area contributed by atoms with Gasteiger partial charge in [-0.2, -0.15) is 0 Å². The largest absolute Gasteiger partial charge is 0.480 e. The Hall–Kier alpha value is -0.610. The Balaban J connectivity index is 2.16. The normalized spacial score (nSPS) is 26.2. The van der Waals surface area contributed by atoms with Crippen molar-refractivity contribution in [2.45, 2.75) is 25.8 Å². The van der Waals surface area contributed by atoms with Crippen molar-refractivity contribution < 1.29 is 9.90 Å². The Kier molecular flexibility index (Phi) is 3.69. The molecule has 1 rings (SSSR count). The molecule has 1 fully saturated rings. The molecule has 4 nitrogen and oxygen atoms in total. The fourth-order valence-electron chi connectivity index (χ4n) is 1.67. The highest BCUT2D eigenvalue weighted by atomic mass is 16.4. The highest BCUT2D eigenvalue weighted by molar-refractivity contribution is 5.72. The number of nitrogens with zero attached hydrogens (tertiary/aromatic N) is 1. The summed E-state index contributed by atoms with van der Waals surface area (Å²) in [6.45, 7) is 5.22. The van der Waals surface area contributed by atoms with Crippen molar-refractivity contribution in [1.82, 2.24) is 4.90 Å². The third-order valence-corrected chi connectivity index (χ3v) is 2.58. The zero-order valence-corrected chi connectivity index (χ0v) is 8.07. The first-order valence-corrected chi connectivity index (χ1v) is 4.80. The molecule has 1 saturated heterocycles. The van der Waals surface area contributed by atoms with E-state index >= 15 is 0 Å². The van der Waals surface area contributed by atoms with E-state index in [1.54, 1.807) is 0 Å². The minimum Gasteiger partial charge on any atom is -0.480 e. The van der Waals surface area contributed by atoms with Crippen molar-refractivity contribution in [3.63, 3.8) is 0 Å². The first-order valence-electron chi connectivity index (χ1n) is 4.80. The average molecular weight is 186 g/mol. The van der Waals surface area contributed by atoms with Gasteiger partial charge in [0.15, 0.2) is 0 Å². The molecule has 0 aromatic heterocycles. The van der Waals surface area contributed by atoms with Crippen LogP contribution < -0.4 is 5.73 Å². The van der Waals surface area contributed by atoms with Crippen molar-refractivity contribution >= 4 is 5.97 Å². The first-order chi connectivity index (χ1) is 6.09. The molecule has 1 heterocycles. The van der Waals surface area contributed by atoms with Gasteiger partial charge >= 0.3 is 5.97 Å². The van der Waals surface area contributed by atoms with E-state index in [2.05, 4.69) is 11.8 Å². The van der Waals surface area contributed by atoms with E-state index in [4.69, 9.17) is 10.8 Å². The maximum absolute atomic E-state index is 10.4. The number of hydrogen-bond acceptors (Lipinski definition) is 3. The lowest BCUT2D eigenvalue weighted by Gasteiger charge is -2.16. The van der Waals surface area contributed by atoms with Gasteiger partial charge in [0, 0.05) is 13.1 Å². The van der Waals surface area contributed by atoms with Gasteiger partial charge in [-0.05, 0) is 25.3 Å². The van der Waals surface area contributed by atoms with Crippen LogP contribution in [0.5, 0.6) is 0 Å². The lowest BCUT2D eigenvalue weighted by molar-refractivity contribution is -0.138. The predicted molar refractivity (Wildman–Crippen MR) is 50.4 cm³/mol. The van der Waals surface area contributed by atoms with E-state index in [0.29, 0.717) is 6.42 Å². The lowest BCUT2D eigenvalue weighted by atomic mass is 10.2. The van der Waals surface area contributed by atoms with Crippen molar-refractivity contribution in [3.05, 3.63) is 0 Å². The second kappa shape index (κ2) is 4.58. The Bertz CT molecular complexity index is 184. The summed E-state index contributed by atoms with van der Waals surface area (Å²) >= 11 is 0. The fraction of sp³-hybridized carbons (Fsp3) is 0.889. The fourth-order valence-corrected chi connectivity index (χ4v) is 1.67. The van der Waals surface area contributed by atoms with Gasteiger partial charge < -0.3 is 15.7 Å². The number of carbonyl (C=O) groups is 1. The summed E-state index contributed by atoms with van der Waals surface area (Å²) in [6.07, 6.45) is 1.78. The summed E-state index contributed by atoms with van der Waals surface area (Å²) in [5.41, 5.74) is 5.40. The molecule has 0 aromatic carbocycles. The van der Waals surface area contributed by atoms with Crippen LogP contribution in [-0.2, 0) is 4.79 Å². The van der Waals surface area contributed by atoms with Gasteiger partial charge in [0.2, 0.25) is 0 Å². The highest BCUT2D eigenvalue weighted by Gasteiger charge is 2.20. The Morgan fingerprint density at radius 1 is 1.77 bits per heavy atom.